The molecule has 1 aromatic carbocycles. The molecule has 1 heterocycles. The van der Waals surface area contributed by atoms with Crippen LogP contribution in [0.5, 0.6) is 11.5 Å². The van der Waals surface area contributed by atoms with Gasteiger partial charge in [0.2, 0.25) is 0 Å². The number of aliphatic hydroxyl groups excluding tert-OH is 1. The third kappa shape index (κ3) is 6.89. The Morgan fingerprint density at radius 3 is 2.76 bits per heavy atom. The van der Waals surface area contributed by atoms with E-state index in [9.17, 15) is 0 Å². The minimum absolute atomic E-state index is 0. The first-order chi connectivity index (χ1) is 13.6. The molecular weight excluding hydrogens is 483 g/mol. The van der Waals surface area contributed by atoms with Crippen LogP contribution < -0.4 is 20.1 Å². The van der Waals surface area contributed by atoms with Gasteiger partial charge in [-0.1, -0.05) is 6.07 Å². The molecule has 0 aromatic heterocycles. The monoisotopic (exact) mass is 518 g/mol. The largest absolute Gasteiger partial charge is 0.493 e. The SMILES string of the molecule is CCNC(=NCc1ccc(OCCO)c(OC)c1)NC1CC(C)N(C2CC2)C1.I. The minimum Gasteiger partial charge on any atom is -0.493 e. The van der Waals surface area contributed by atoms with E-state index in [1.807, 2.05) is 18.2 Å². The Kier molecular flexibility index (Phi) is 9.78. The van der Waals surface area contributed by atoms with Gasteiger partial charge < -0.3 is 25.2 Å². The number of methoxy groups -OCH3 is 1. The summed E-state index contributed by atoms with van der Waals surface area (Å²) in [5, 5.41) is 15.9. The molecule has 2 unspecified atom stereocenters. The van der Waals surface area contributed by atoms with Crippen molar-refractivity contribution >= 4 is 29.9 Å². The second kappa shape index (κ2) is 11.8. The molecule has 0 spiro atoms. The topological polar surface area (TPSA) is 78.4 Å². The maximum absolute atomic E-state index is 8.92. The van der Waals surface area contributed by atoms with E-state index in [2.05, 4.69) is 29.4 Å². The van der Waals surface area contributed by atoms with Gasteiger partial charge in [0.1, 0.15) is 6.61 Å². The van der Waals surface area contributed by atoms with Crippen LogP contribution in [-0.4, -0.2) is 67.5 Å². The lowest BCUT2D eigenvalue weighted by atomic mass is 10.2. The van der Waals surface area contributed by atoms with Crippen LogP contribution in [-0.2, 0) is 6.54 Å². The van der Waals surface area contributed by atoms with E-state index in [1.165, 1.54) is 12.8 Å². The summed E-state index contributed by atoms with van der Waals surface area (Å²) in [4.78, 5) is 7.40. The Hall–Kier alpha value is -1.26. The summed E-state index contributed by atoms with van der Waals surface area (Å²) in [6.07, 6.45) is 3.86. The Morgan fingerprint density at radius 1 is 1.31 bits per heavy atom. The Balaban J connectivity index is 0.00000300. The lowest BCUT2D eigenvalue weighted by Crippen LogP contribution is -2.44. The van der Waals surface area contributed by atoms with Crippen LogP contribution in [0.3, 0.4) is 0 Å². The van der Waals surface area contributed by atoms with Crippen molar-refractivity contribution in [2.75, 3.05) is 33.4 Å². The number of hydrogen-bond acceptors (Lipinski definition) is 5. The fourth-order valence-electron chi connectivity index (χ4n) is 3.84. The summed E-state index contributed by atoms with van der Waals surface area (Å²) in [6.45, 7) is 7.13. The molecular formula is C21H35IN4O3. The predicted molar refractivity (Wildman–Crippen MR) is 127 cm³/mol. The highest BCUT2D eigenvalue weighted by Gasteiger charge is 2.38. The van der Waals surface area contributed by atoms with E-state index < -0.39 is 0 Å². The Labute approximate surface area is 191 Å². The summed E-state index contributed by atoms with van der Waals surface area (Å²) < 4.78 is 10.9. The van der Waals surface area contributed by atoms with Crippen molar-refractivity contribution in [3.05, 3.63) is 23.8 Å². The van der Waals surface area contributed by atoms with E-state index in [-0.39, 0.29) is 37.2 Å². The lowest BCUT2D eigenvalue weighted by molar-refractivity contribution is 0.196. The Morgan fingerprint density at radius 2 is 2.10 bits per heavy atom. The lowest BCUT2D eigenvalue weighted by Gasteiger charge is -2.20. The zero-order valence-corrected chi connectivity index (χ0v) is 20.0. The summed E-state index contributed by atoms with van der Waals surface area (Å²) in [7, 11) is 1.62. The first-order valence-electron chi connectivity index (χ1n) is 10.4. The molecule has 3 N–H and O–H groups in total. The van der Waals surface area contributed by atoms with Crippen LogP contribution in [0.2, 0.25) is 0 Å². The number of ether oxygens (including phenoxy) is 2. The maximum atomic E-state index is 8.92. The number of aliphatic imine (C=N–C) groups is 1. The van der Waals surface area contributed by atoms with Gasteiger partial charge in [0.05, 0.1) is 20.3 Å². The minimum atomic E-state index is -0.0229. The van der Waals surface area contributed by atoms with Gasteiger partial charge in [0.25, 0.3) is 0 Å². The van der Waals surface area contributed by atoms with Crippen molar-refractivity contribution in [3.8, 4) is 11.5 Å². The molecule has 0 amide bonds. The molecule has 1 saturated heterocycles. The number of guanidine groups is 1. The van der Waals surface area contributed by atoms with Crippen LogP contribution in [0.25, 0.3) is 0 Å². The molecule has 2 aliphatic rings. The highest BCUT2D eigenvalue weighted by molar-refractivity contribution is 14.0. The average molecular weight is 518 g/mol. The zero-order chi connectivity index (χ0) is 19.9. The van der Waals surface area contributed by atoms with Crippen molar-refractivity contribution in [1.82, 2.24) is 15.5 Å². The molecule has 8 heteroatoms. The molecule has 7 nitrogen and oxygen atoms in total. The summed E-state index contributed by atoms with van der Waals surface area (Å²) in [5.74, 6) is 2.15. The zero-order valence-electron chi connectivity index (χ0n) is 17.7. The normalized spacial score (nSPS) is 22.1. The van der Waals surface area contributed by atoms with Gasteiger partial charge in [-0.3, -0.25) is 4.90 Å². The van der Waals surface area contributed by atoms with E-state index >= 15 is 0 Å². The quantitative estimate of drug-likeness (QED) is 0.265. The van der Waals surface area contributed by atoms with Crippen molar-refractivity contribution in [2.24, 2.45) is 4.99 Å². The molecule has 2 fully saturated rings. The number of nitrogens with one attached hydrogen (secondary N) is 2. The standard InChI is InChI=1S/C21H34N4O3.HI/c1-4-22-21(24-17-11-15(2)25(14-17)18-6-7-18)23-13-16-5-8-19(28-10-9-26)20(12-16)27-3;/h5,8,12,15,17-18,26H,4,6-7,9-11,13-14H2,1-3H3,(H2,22,23,24);1H. The number of benzene rings is 1. The molecule has 1 aliphatic heterocycles. The van der Waals surface area contributed by atoms with E-state index in [0.29, 0.717) is 30.1 Å². The molecule has 2 atom stereocenters. The van der Waals surface area contributed by atoms with Crippen molar-refractivity contribution in [1.29, 1.82) is 0 Å². The first-order valence-corrected chi connectivity index (χ1v) is 10.4. The number of rotatable bonds is 9. The van der Waals surface area contributed by atoms with E-state index in [0.717, 1.165) is 37.1 Å². The summed E-state index contributed by atoms with van der Waals surface area (Å²) in [5.41, 5.74) is 1.05. The van der Waals surface area contributed by atoms with Crippen LogP contribution in [0, 0.1) is 0 Å². The molecule has 3 rings (SSSR count). The van der Waals surface area contributed by atoms with E-state index in [4.69, 9.17) is 19.6 Å². The second-order valence-corrected chi connectivity index (χ2v) is 7.61. The van der Waals surface area contributed by atoms with Gasteiger partial charge in [0, 0.05) is 31.2 Å². The van der Waals surface area contributed by atoms with Gasteiger partial charge in [0.15, 0.2) is 17.5 Å². The number of likely N-dealkylation sites (tertiary alicyclic amines) is 1. The summed E-state index contributed by atoms with van der Waals surface area (Å²) >= 11 is 0. The molecule has 1 aliphatic carbocycles. The van der Waals surface area contributed by atoms with Gasteiger partial charge in [-0.2, -0.15) is 0 Å². The van der Waals surface area contributed by atoms with Crippen molar-refractivity contribution < 1.29 is 14.6 Å². The van der Waals surface area contributed by atoms with Crippen LogP contribution in [0.15, 0.2) is 23.2 Å². The number of halogens is 1. The third-order valence-electron chi connectivity index (χ3n) is 5.32. The fraction of sp³-hybridized carbons (Fsp3) is 0.667. The Bertz CT molecular complexity index is 669. The van der Waals surface area contributed by atoms with Crippen molar-refractivity contribution in [2.45, 2.75) is 57.8 Å². The molecule has 1 aromatic rings. The highest BCUT2D eigenvalue weighted by Crippen LogP contribution is 2.33. The molecule has 29 heavy (non-hydrogen) atoms. The predicted octanol–water partition coefficient (Wildman–Crippen LogP) is 2.36. The fourth-order valence-corrected chi connectivity index (χ4v) is 3.84. The van der Waals surface area contributed by atoms with Gasteiger partial charge in [-0.05, 0) is 50.8 Å². The van der Waals surface area contributed by atoms with E-state index in [1.54, 1.807) is 7.11 Å². The molecule has 164 valence electrons. The molecule has 0 radical (unpaired) electrons. The van der Waals surface area contributed by atoms with Gasteiger partial charge in [-0.25, -0.2) is 4.99 Å². The maximum Gasteiger partial charge on any atom is 0.191 e. The number of hydrogen-bond donors (Lipinski definition) is 3. The van der Waals surface area contributed by atoms with Crippen LogP contribution in [0.4, 0.5) is 0 Å². The second-order valence-electron chi connectivity index (χ2n) is 7.61. The number of aliphatic hydroxyl groups is 1. The molecule has 0 bridgehead atoms. The summed E-state index contributed by atoms with van der Waals surface area (Å²) in [6, 6.07) is 7.67. The van der Waals surface area contributed by atoms with Crippen LogP contribution >= 0.6 is 24.0 Å². The number of nitrogens with zero attached hydrogens (tertiary/aromatic N) is 2. The third-order valence-corrected chi connectivity index (χ3v) is 5.32. The average Bonchev–Trinajstić information content (AvgIpc) is 3.48. The first kappa shape index (κ1) is 24.0. The molecule has 1 saturated carbocycles. The van der Waals surface area contributed by atoms with Gasteiger partial charge >= 0.3 is 0 Å². The highest BCUT2D eigenvalue weighted by atomic mass is 127. The van der Waals surface area contributed by atoms with Crippen molar-refractivity contribution in [3.63, 3.8) is 0 Å². The smallest absolute Gasteiger partial charge is 0.191 e. The van der Waals surface area contributed by atoms with Crippen LogP contribution in [0.1, 0.15) is 38.7 Å². The van der Waals surface area contributed by atoms with Gasteiger partial charge in [-0.15, -0.1) is 24.0 Å².